The molecule has 0 aromatic heterocycles. The molecular formula is C8H14O2. The van der Waals surface area contributed by atoms with Gasteiger partial charge in [-0.05, 0) is 19.3 Å². The summed E-state index contributed by atoms with van der Waals surface area (Å²) in [5, 5.41) is 9.23. The lowest BCUT2D eigenvalue weighted by Gasteiger charge is -2.26. The maximum atomic E-state index is 9.23. The van der Waals surface area contributed by atoms with E-state index in [4.69, 9.17) is 4.74 Å². The van der Waals surface area contributed by atoms with Gasteiger partial charge in [0, 0.05) is 12.5 Å². The van der Waals surface area contributed by atoms with Crippen molar-refractivity contribution in [1.29, 1.82) is 0 Å². The van der Waals surface area contributed by atoms with Crippen molar-refractivity contribution in [2.45, 2.75) is 25.6 Å². The highest BCUT2D eigenvalue weighted by Crippen LogP contribution is 2.21. The zero-order chi connectivity index (χ0) is 7.40. The Labute approximate surface area is 61.5 Å². The highest BCUT2D eigenvalue weighted by atomic mass is 16.6. The standard InChI is InChI=1S/C8H14O2/c1-2-4-7-5-3-6-10-8(7)9/h2,7-9H,1,3-6H2. The Hall–Kier alpha value is -0.340. The first kappa shape index (κ1) is 7.76. The lowest BCUT2D eigenvalue weighted by molar-refractivity contribution is -0.157. The fraction of sp³-hybridized carbons (Fsp3) is 0.750. The molecule has 1 rings (SSSR count). The average molecular weight is 142 g/mol. The van der Waals surface area contributed by atoms with Gasteiger partial charge in [-0.25, -0.2) is 0 Å². The van der Waals surface area contributed by atoms with E-state index in [1.54, 1.807) is 0 Å². The molecule has 1 aliphatic heterocycles. The van der Waals surface area contributed by atoms with Crippen molar-refractivity contribution in [3.05, 3.63) is 12.7 Å². The van der Waals surface area contributed by atoms with Crippen LogP contribution in [0.15, 0.2) is 12.7 Å². The molecule has 0 bridgehead atoms. The minimum Gasteiger partial charge on any atom is -0.368 e. The highest BCUT2D eigenvalue weighted by molar-refractivity contribution is 4.76. The van der Waals surface area contributed by atoms with Gasteiger partial charge in [-0.1, -0.05) is 6.08 Å². The van der Waals surface area contributed by atoms with Gasteiger partial charge in [-0.15, -0.1) is 6.58 Å². The van der Waals surface area contributed by atoms with Crippen molar-refractivity contribution < 1.29 is 9.84 Å². The minimum atomic E-state index is -0.549. The van der Waals surface area contributed by atoms with Gasteiger partial charge in [0.2, 0.25) is 0 Å². The van der Waals surface area contributed by atoms with Crippen LogP contribution in [0, 0.1) is 5.92 Å². The van der Waals surface area contributed by atoms with Gasteiger partial charge in [-0.2, -0.15) is 0 Å². The molecule has 0 saturated carbocycles. The van der Waals surface area contributed by atoms with Crippen molar-refractivity contribution in [1.82, 2.24) is 0 Å². The fourth-order valence-electron chi connectivity index (χ4n) is 1.28. The van der Waals surface area contributed by atoms with Crippen LogP contribution in [-0.2, 0) is 4.74 Å². The molecule has 2 heteroatoms. The van der Waals surface area contributed by atoms with Crippen LogP contribution in [0.1, 0.15) is 19.3 Å². The highest BCUT2D eigenvalue weighted by Gasteiger charge is 2.21. The molecule has 10 heavy (non-hydrogen) atoms. The van der Waals surface area contributed by atoms with E-state index >= 15 is 0 Å². The molecule has 0 aromatic carbocycles. The molecule has 0 radical (unpaired) electrons. The topological polar surface area (TPSA) is 29.5 Å². The molecule has 1 saturated heterocycles. The maximum Gasteiger partial charge on any atom is 0.157 e. The number of ether oxygens (including phenoxy) is 1. The molecule has 1 aliphatic rings. The molecule has 1 fully saturated rings. The smallest absolute Gasteiger partial charge is 0.157 e. The van der Waals surface area contributed by atoms with Gasteiger partial charge in [-0.3, -0.25) is 0 Å². The monoisotopic (exact) mass is 142 g/mol. The summed E-state index contributed by atoms with van der Waals surface area (Å²) in [4.78, 5) is 0. The Bertz CT molecular complexity index is 112. The molecule has 58 valence electrons. The van der Waals surface area contributed by atoms with E-state index in [2.05, 4.69) is 6.58 Å². The molecule has 0 aromatic rings. The zero-order valence-corrected chi connectivity index (χ0v) is 6.12. The van der Waals surface area contributed by atoms with E-state index in [1.165, 1.54) is 0 Å². The molecule has 2 unspecified atom stereocenters. The van der Waals surface area contributed by atoms with Gasteiger partial charge in [0.15, 0.2) is 6.29 Å². The molecule has 0 amide bonds. The normalized spacial score (nSPS) is 33.7. The van der Waals surface area contributed by atoms with E-state index in [1.807, 2.05) is 6.08 Å². The fourth-order valence-corrected chi connectivity index (χ4v) is 1.28. The Kier molecular flexibility index (Phi) is 2.90. The minimum absolute atomic E-state index is 0.284. The molecule has 2 nitrogen and oxygen atoms in total. The van der Waals surface area contributed by atoms with E-state index in [-0.39, 0.29) is 5.92 Å². The number of hydrogen-bond acceptors (Lipinski definition) is 2. The van der Waals surface area contributed by atoms with Crippen molar-refractivity contribution >= 4 is 0 Å². The number of hydrogen-bond donors (Lipinski definition) is 1. The second-order valence-electron chi connectivity index (χ2n) is 2.69. The van der Waals surface area contributed by atoms with Crippen LogP contribution in [0.3, 0.4) is 0 Å². The van der Waals surface area contributed by atoms with Crippen LogP contribution in [0.4, 0.5) is 0 Å². The molecule has 0 spiro atoms. The lowest BCUT2D eigenvalue weighted by atomic mass is 9.97. The summed E-state index contributed by atoms with van der Waals surface area (Å²) >= 11 is 0. The van der Waals surface area contributed by atoms with Gasteiger partial charge in [0.05, 0.1) is 0 Å². The summed E-state index contributed by atoms with van der Waals surface area (Å²) in [6, 6.07) is 0. The third kappa shape index (κ3) is 1.82. The van der Waals surface area contributed by atoms with E-state index in [0.29, 0.717) is 6.61 Å². The third-order valence-corrected chi connectivity index (χ3v) is 1.88. The van der Waals surface area contributed by atoms with Gasteiger partial charge >= 0.3 is 0 Å². The van der Waals surface area contributed by atoms with Crippen molar-refractivity contribution in [2.75, 3.05) is 6.61 Å². The maximum absolute atomic E-state index is 9.23. The van der Waals surface area contributed by atoms with Crippen LogP contribution >= 0.6 is 0 Å². The van der Waals surface area contributed by atoms with Gasteiger partial charge in [0.1, 0.15) is 0 Å². The second-order valence-corrected chi connectivity index (χ2v) is 2.69. The Morgan fingerprint density at radius 3 is 3.10 bits per heavy atom. The van der Waals surface area contributed by atoms with Crippen molar-refractivity contribution in [2.24, 2.45) is 5.92 Å². The summed E-state index contributed by atoms with van der Waals surface area (Å²) < 4.78 is 5.05. The number of aliphatic hydroxyl groups is 1. The quantitative estimate of drug-likeness (QED) is 0.589. The zero-order valence-electron chi connectivity index (χ0n) is 6.12. The predicted molar refractivity (Wildman–Crippen MR) is 39.5 cm³/mol. The predicted octanol–water partition coefficient (Wildman–Crippen LogP) is 1.31. The van der Waals surface area contributed by atoms with Crippen LogP contribution in [0.25, 0.3) is 0 Å². The van der Waals surface area contributed by atoms with Gasteiger partial charge < -0.3 is 9.84 Å². The lowest BCUT2D eigenvalue weighted by Crippen LogP contribution is -2.28. The van der Waals surface area contributed by atoms with E-state index in [0.717, 1.165) is 19.3 Å². The summed E-state index contributed by atoms with van der Waals surface area (Å²) in [5.41, 5.74) is 0. The summed E-state index contributed by atoms with van der Waals surface area (Å²) in [6.07, 6.45) is 4.28. The first-order chi connectivity index (χ1) is 4.84. The van der Waals surface area contributed by atoms with Crippen LogP contribution in [0.5, 0.6) is 0 Å². The molecule has 1 heterocycles. The Morgan fingerprint density at radius 1 is 1.70 bits per heavy atom. The van der Waals surface area contributed by atoms with E-state index < -0.39 is 6.29 Å². The Morgan fingerprint density at radius 2 is 2.50 bits per heavy atom. The number of allylic oxidation sites excluding steroid dienone is 1. The van der Waals surface area contributed by atoms with Crippen LogP contribution < -0.4 is 0 Å². The van der Waals surface area contributed by atoms with Crippen molar-refractivity contribution in [3.8, 4) is 0 Å². The summed E-state index contributed by atoms with van der Waals surface area (Å²) in [5.74, 6) is 0.284. The summed E-state index contributed by atoms with van der Waals surface area (Å²) in [7, 11) is 0. The Balaban J connectivity index is 2.32. The first-order valence-electron chi connectivity index (χ1n) is 3.75. The number of aliphatic hydroxyl groups excluding tert-OH is 1. The molecular weight excluding hydrogens is 128 g/mol. The average Bonchev–Trinajstić information content (AvgIpc) is 1.94. The van der Waals surface area contributed by atoms with Crippen LogP contribution in [-0.4, -0.2) is 18.0 Å². The SMILES string of the molecule is C=CCC1CCCOC1O. The van der Waals surface area contributed by atoms with Crippen LogP contribution in [0.2, 0.25) is 0 Å². The molecule has 1 N–H and O–H groups in total. The molecule has 0 aliphatic carbocycles. The largest absolute Gasteiger partial charge is 0.368 e. The second kappa shape index (κ2) is 3.74. The summed E-state index contributed by atoms with van der Waals surface area (Å²) in [6.45, 7) is 4.33. The molecule has 2 atom stereocenters. The third-order valence-electron chi connectivity index (χ3n) is 1.88. The van der Waals surface area contributed by atoms with E-state index in [9.17, 15) is 5.11 Å². The van der Waals surface area contributed by atoms with Gasteiger partial charge in [0.25, 0.3) is 0 Å². The van der Waals surface area contributed by atoms with Crippen molar-refractivity contribution in [3.63, 3.8) is 0 Å². The first-order valence-corrected chi connectivity index (χ1v) is 3.75. The number of rotatable bonds is 2.